The molecular weight excluding hydrogens is 510 g/mol. The number of aryl methyl sites for hydroxylation is 1. The Balaban J connectivity index is 1.74. The minimum absolute atomic E-state index is 0.0349. The number of esters is 1. The van der Waals surface area contributed by atoms with E-state index in [1.54, 1.807) is 45.0 Å². The van der Waals surface area contributed by atoms with Crippen molar-refractivity contribution in [3.05, 3.63) is 77.0 Å². The third-order valence-corrected chi connectivity index (χ3v) is 10.2. The van der Waals surface area contributed by atoms with Crippen molar-refractivity contribution in [2.75, 3.05) is 0 Å². The summed E-state index contributed by atoms with van der Waals surface area (Å²) in [6, 6.07) is 16.2. The summed E-state index contributed by atoms with van der Waals surface area (Å²) in [5.74, 6) is -1.00. The van der Waals surface area contributed by atoms with Crippen molar-refractivity contribution in [1.82, 2.24) is 4.31 Å². The Morgan fingerprint density at radius 1 is 0.974 bits per heavy atom. The predicted octanol–water partition coefficient (Wildman–Crippen LogP) is 6.34. The van der Waals surface area contributed by atoms with Gasteiger partial charge in [0.15, 0.2) is 11.2 Å². The van der Waals surface area contributed by atoms with Gasteiger partial charge in [-0.3, -0.25) is 13.9 Å². The highest BCUT2D eigenvalue weighted by molar-refractivity contribution is 7.89. The Hall–Kier alpha value is -2.93. The third-order valence-electron chi connectivity index (χ3n) is 8.44. The van der Waals surface area contributed by atoms with E-state index in [1.165, 1.54) is 4.31 Å². The normalized spacial score (nSPS) is 23.8. The van der Waals surface area contributed by atoms with E-state index in [1.807, 2.05) is 37.3 Å². The number of sulfonamides is 1. The number of carbonyl (C=O) groups excluding carboxylic acids is 2. The number of carbonyl (C=O) groups is 2. The van der Waals surface area contributed by atoms with Crippen LogP contribution in [0.5, 0.6) is 0 Å². The molecule has 0 aliphatic heterocycles. The van der Waals surface area contributed by atoms with Crippen LogP contribution in [0.25, 0.3) is 0 Å². The van der Waals surface area contributed by atoms with Crippen LogP contribution in [-0.2, 0) is 30.9 Å². The smallest absolute Gasteiger partial charge is 0.326 e. The quantitative estimate of drug-likeness (QED) is 0.297. The lowest BCUT2D eigenvalue weighted by molar-refractivity contribution is -0.171. The van der Waals surface area contributed by atoms with E-state index in [0.29, 0.717) is 12.1 Å². The Morgan fingerprint density at radius 3 is 2.23 bits per heavy atom. The van der Waals surface area contributed by atoms with Crippen LogP contribution in [0.15, 0.2) is 70.8 Å². The molecule has 0 radical (unpaired) electrons. The Morgan fingerprint density at radius 2 is 1.62 bits per heavy atom. The number of hydrogen-bond donors (Lipinski definition) is 0. The van der Waals surface area contributed by atoms with E-state index < -0.39 is 27.0 Å². The van der Waals surface area contributed by atoms with Crippen molar-refractivity contribution in [2.45, 2.75) is 89.7 Å². The van der Waals surface area contributed by atoms with Gasteiger partial charge in [-0.1, -0.05) is 67.3 Å². The molecular formula is C32H39NO5S. The summed E-state index contributed by atoms with van der Waals surface area (Å²) in [5.41, 5.74) is 0.679. The number of hydrogen-bond acceptors (Lipinski definition) is 5. The molecule has 7 heteroatoms. The van der Waals surface area contributed by atoms with E-state index in [2.05, 4.69) is 0 Å². The summed E-state index contributed by atoms with van der Waals surface area (Å²) in [6.07, 6.45) is 5.95. The van der Waals surface area contributed by atoms with E-state index in [9.17, 15) is 18.0 Å². The number of benzene rings is 2. The van der Waals surface area contributed by atoms with Crippen LogP contribution < -0.4 is 0 Å². The topological polar surface area (TPSA) is 80.8 Å². The molecule has 208 valence electrons. The molecule has 2 aromatic carbocycles. The molecule has 0 bridgehead atoms. The van der Waals surface area contributed by atoms with Gasteiger partial charge in [0.1, 0.15) is 5.60 Å². The van der Waals surface area contributed by atoms with E-state index in [4.69, 9.17) is 4.74 Å². The molecule has 2 atom stereocenters. The van der Waals surface area contributed by atoms with Crippen LogP contribution in [0.4, 0.5) is 0 Å². The molecule has 0 heterocycles. The summed E-state index contributed by atoms with van der Waals surface area (Å²) < 4.78 is 36.2. The maximum absolute atomic E-state index is 14.5. The molecule has 0 spiro atoms. The van der Waals surface area contributed by atoms with Gasteiger partial charge in [0, 0.05) is 12.3 Å². The maximum atomic E-state index is 14.5. The van der Waals surface area contributed by atoms with Crippen molar-refractivity contribution in [2.24, 2.45) is 17.3 Å². The van der Waals surface area contributed by atoms with Crippen molar-refractivity contribution in [3.8, 4) is 0 Å². The molecule has 5 rings (SSSR count). The minimum atomic E-state index is -4.11. The van der Waals surface area contributed by atoms with Crippen molar-refractivity contribution in [1.29, 1.82) is 0 Å². The third kappa shape index (κ3) is 4.83. The number of ether oxygens (including phenoxy) is 1. The molecule has 0 saturated heterocycles. The van der Waals surface area contributed by atoms with Crippen LogP contribution in [0.1, 0.15) is 76.8 Å². The van der Waals surface area contributed by atoms with Gasteiger partial charge in [-0.05, 0) is 76.1 Å². The highest BCUT2D eigenvalue weighted by Gasteiger charge is 2.70. The summed E-state index contributed by atoms with van der Waals surface area (Å²) >= 11 is 0. The van der Waals surface area contributed by atoms with Gasteiger partial charge < -0.3 is 4.74 Å². The van der Waals surface area contributed by atoms with Crippen LogP contribution in [0.3, 0.4) is 0 Å². The average Bonchev–Trinajstić information content (AvgIpc) is 3.16. The Kier molecular flexibility index (Phi) is 7.25. The number of ketones is 1. The predicted molar refractivity (Wildman–Crippen MR) is 150 cm³/mol. The first-order chi connectivity index (χ1) is 18.5. The first-order valence-electron chi connectivity index (χ1n) is 14.1. The van der Waals surface area contributed by atoms with Gasteiger partial charge >= 0.3 is 5.97 Å². The van der Waals surface area contributed by atoms with Gasteiger partial charge in [0.25, 0.3) is 10.0 Å². The highest BCUT2D eigenvalue weighted by atomic mass is 32.2. The van der Waals surface area contributed by atoms with Crippen LogP contribution in [-0.4, -0.2) is 30.1 Å². The monoisotopic (exact) mass is 549 g/mol. The van der Waals surface area contributed by atoms with Gasteiger partial charge in [-0.15, -0.1) is 0 Å². The van der Waals surface area contributed by atoms with E-state index in [-0.39, 0.29) is 35.5 Å². The standard InChI is InChI=1S/C32H39NO5S/c1-22-15-17-25(18-16-22)39(36,37)33(21-23-11-7-5-8-12-23)29-28(24-13-9-6-10-14-24)26-19-20-27(34)32(26,29)30(35)38-31(2,3)4/h5,7-8,11-12,15-18,24,26H,6,9-10,13-14,19-21H2,1-4H3/t26-,32-/m0/s1. The van der Waals surface area contributed by atoms with Gasteiger partial charge in [0.05, 0.1) is 17.1 Å². The lowest BCUT2D eigenvalue weighted by Crippen LogP contribution is -2.59. The Labute approximate surface area is 232 Å². The molecule has 6 nitrogen and oxygen atoms in total. The first-order valence-corrected chi connectivity index (χ1v) is 15.5. The molecule has 39 heavy (non-hydrogen) atoms. The second-order valence-corrected chi connectivity index (χ2v) is 14.1. The molecule has 2 fully saturated rings. The van der Waals surface area contributed by atoms with Crippen LogP contribution in [0.2, 0.25) is 0 Å². The zero-order valence-corrected chi connectivity index (χ0v) is 24.2. The molecule has 3 aliphatic carbocycles. The summed E-state index contributed by atoms with van der Waals surface area (Å²) in [5, 5.41) is 0. The second-order valence-electron chi connectivity index (χ2n) is 12.3. The molecule has 0 amide bonds. The molecule has 0 aromatic heterocycles. The molecule has 0 unspecified atom stereocenters. The average molecular weight is 550 g/mol. The largest absolute Gasteiger partial charge is 0.459 e. The lowest BCUT2D eigenvalue weighted by Gasteiger charge is -2.52. The molecule has 2 aromatic rings. The number of nitrogens with zero attached hydrogens (tertiary/aromatic N) is 1. The summed E-state index contributed by atoms with van der Waals surface area (Å²) in [4.78, 5) is 28.0. The van der Waals surface area contributed by atoms with Gasteiger partial charge in [-0.25, -0.2) is 8.42 Å². The van der Waals surface area contributed by atoms with Crippen LogP contribution >= 0.6 is 0 Å². The van der Waals surface area contributed by atoms with Gasteiger partial charge in [0.2, 0.25) is 0 Å². The fraction of sp³-hybridized carbons (Fsp3) is 0.500. The first kappa shape index (κ1) is 27.6. The number of allylic oxidation sites excluding steroid dienone is 1. The molecule has 2 saturated carbocycles. The minimum Gasteiger partial charge on any atom is -0.459 e. The van der Waals surface area contributed by atoms with E-state index >= 15 is 0 Å². The fourth-order valence-corrected chi connectivity index (χ4v) is 8.24. The number of rotatable bonds is 7. The maximum Gasteiger partial charge on any atom is 0.326 e. The summed E-state index contributed by atoms with van der Waals surface area (Å²) in [7, 11) is -4.11. The second kappa shape index (κ2) is 10.2. The number of Topliss-reactive ketones (excluding diaryl/α,β-unsaturated/α-hetero) is 1. The zero-order valence-electron chi connectivity index (χ0n) is 23.4. The van der Waals surface area contributed by atoms with Crippen LogP contribution in [0, 0.1) is 24.2 Å². The van der Waals surface area contributed by atoms with Crippen molar-refractivity contribution >= 4 is 21.8 Å². The molecule has 3 aliphatic rings. The Bertz CT molecular complexity index is 1380. The fourth-order valence-electron chi connectivity index (χ4n) is 6.70. The summed E-state index contributed by atoms with van der Waals surface area (Å²) in [6.45, 7) is 7.29. The van der Waals surface area contributed by atoms with Crippen molar-refractivity contribution < 1.29 is 22.7 Å². The molecule has 0 N–H and O–H groups in total. The van der Waals surface area contributed by atoms with Gasteiger partial charge in [-0.2, -0.15) is 0 Å². The lowest BCUT2D eigenvalue weighted by atomic mass is 9.55. The number of fused-ring (bicyclic) bond motifs is 1. The zero-order chi connectivity index (χ0) is 28.0. The SMILES string of the molecule is Cc1ccc(S(=O)(=O)N(Cc2ccccc2)C2=C(C3CCCCC3)[C@@H]3CCC(=O)[C@]23C(=O)OC(C)(C)C)cc1. The van der Waals surface area contributed by atoms with E-state index in [0.717, 1.165) is 48.8 Å². The highest BCUT2D eigenvalue weighted by Crippen LogP contribution is 2.65. The van der Waals surface area contributed by atoms with Crippen molar-refractivity contribution in [3.63, 3.8) is 0 Å².